The monoisotopic (exact) mass is 519 g/mol. The van der Waals surface area contributed by atoms with Crippen LogP contribution in [0.5, 0.6) is 5.75 Å². The molecule has 4 aromatic rings. The van der Waals surface area contributed by atoms with E-state index in [1.54, 1.807) is 40.2 Å². The SMILES string of the molecule is COc1ccc([C@@H](C(=O)NC[C@H]2CCCO2)N(Cc2cccs2)C(=O)Cn2nnc3ccccc32)cc1. The van der Waals surface area contributed by atoms with E-state index in [0.717, 1.165) is 23.2 Å². The Morgan fingerprint density at radius 2 is 2.03 bits per heavy atom. The van der Waals surface area contributed by atoms with Crippen molar-refractivity contribution in [1.82, 2.24) is 25.2 Å². The highest BCUT2D eigenvalue weighted by Gasteiger charge is 2.33. The highest BCUT2D eigenvalue weighted by atomic mass is 32.1. The van der Waals surface area contributed by atoms with Gasteiger partial charge in [0.05, 0.1) is 25.3 Å². The van der Waals surface area contributed by atoms with Crippen LogP contribution in [0.15, 0.2) is 66.0 Å². The number of aromatic nitrogens is 3. The molecule has 9 nitrogen and oxygen atoms in total. The summed E-state index contributed by atoms with van der Waals surface area (Å²) in [5, 5.41) is 13.4. The van der Waals surface area contributed by atoms with Crippen LogP contribution in [0.2, 0.25) is 0 Å². The molecule has 2 aromatic carbocycles. The van der Waals surface area contributed by atoms with E-state index >= 15 is 0 Å². The molecule has 1 aliphatic rings. The van der Waals surface area contributed by atoms with E-state index in [1.165, 1.54) is 0 Å². The van der Waals surface area contributed by atoms with Crippen molar-refractivity contribution in [3.8, 4) is 5.75 Å². The third kappa shape index (κ3) is 5.81. The molecule has 2 aromatic heterocycles. The van der Waals surface area contributed by atoms with Crippen molar-refractivity contribution in [1.29, 1.82) is 0 Å². The fourth-order valence-electron chi connectivity index (χ4n) is 4.52. The Morgan fingerprint density at radius 1 is 1.19 bits per heavy atom. The van der Waals surface area contributed by atoms with E-state index in [-0.39, 0.29) is 31.0 Å². The molecular formula is C27H29N5O4S. The van der Waals surface area contributed by atoms with Gasteiger partial charge in [0.15, 0.2) is 0 Å². The highest BCUT2D eigenvalue weighted by Crippen LogP contribution is 2.28. The molecule has 0 radical (unpaired) electrons. The first kappa shape index (κ1) is 24.9. The average molecular weight is 520 g/mol. The number of methoxy groups -OCH3 is 1. The van der Waals surface area contributed by atoms with Gasteiger partial charge in [-0.15, -0.1) is 16.4 Å². The standard InChI is InChI=1S/C27H29N5O4S/c1-35-20-12-10-19(11-13-20)26(27(34)28-16-21-6-4-14-36-21)31(17-22-7-5-15-37-22)25(33)18-32-24-9-3-2-8-23(24)29-30-32/h2-3,5,7-13,15,21,26H,4,6,14,16-18H2,1H3,(H,28,34)/t21-,26+/m1/s1. The molecule has 10 heteroatoms. The van der Waals surface area contributed by atoms with Crippen molar-refractivity contribution in [2.75, 3.05) is 20.3 Å². The zero-order chi connectivity index (χ0) is 25.6. The molecule has 3 heterocycles. The Bertz CT molecular complexity index is 1330. The molecule has 0 aliphatic carbocycles. The highest BCUT2D eigenvalue weighted by molar-refractivity contribution is 7.09. The lowest BCUT2D eigenvalue weighted by molar-refractivity contribution is -0.142. The number of nitrogens with zero attached hydrogens (tertiary/aromatic N) is 4. The minimum Gasteiger partial charge on any atom is -0.497 e. The number of para-hydroxylation sites is 1. The zero-order valence-electron chi connectivity index (χ0n) is 20.6. The number of carbonyl (C=O) groups excluding carboxylic acids is 2. The molecule has 1 fully saturated rings. The topological polar surface area (TPSA) is 98.6 Å². The molecule has 0 unspecified atom stereocenters. The molecular weight excluding hydrogens is 490 g/mol. The summed E-state index contributed by atoms with van der Waals surface area (Å²) in [5.41, 5.74) is 2.16. The molecule has 1 N–H and O–H groups in total. The summed E-state index contributed by atoms with van der Waals surface area (Å²) >= 11 is 1.54. The van der Waals surface area contributed by atoms with Gasteiger partial charge in [0.2, 0.25) is 11.8 Å². The minimum absolute atomic E-state index is 0.0107. The molecule has 2 amide bonds. The maximum atomic E-state index is 13.9. The van der Waals surface area contributed by atoms with Gasteiger partial charge in [-0.3, -0.25) is 9.59 Å². The van der Waals surface area contributed by atoms with E-state index < -0.39 is 6.04 Å². The Balaban J connectivity index is 1.47. The van der Waals surface area contributed by atoms with E-state index in [9.17, 15) is 9.59 Å². The molecule has 37 heavy (non-hydrogen) atoms. The van der Waals surface area contributed by atoms with Crippen LogP contribution in [-0.2, 0) is 27.4 Å². The van der Waals surface area contributed by atoms with Crippen LogP contribution in [0.1, 0.15) is 29.3 Å². The van der Waals surface area contributed by atoms with Crippen LogP contribution in [0.3, 0.4) is 0 Å². The van der Waals surface area contributed by atoms with Crippen LogP contribution >= 0.6 is 11.3 Å². The van der Waals surface area contributed by atoms with Crippen molar-refractivity contribution < 1.29 is 19.1 Å². The van der Waals surface area contributed by atoms with Gasteiger partial charge in [0, 0.05) is 18.0 Å². The van der Waals surface area contributed by atoms with E-state index in [2.05, 4.69) is 15.6 Å². The predicted molar refractivity (Wildman–Crippen MR) is 140 cm³/mol. The number of thiophene rings is 1. The van der Waals surface area contributed by atoms with Crippen molar-refractivity contribution in [3.05, 3.63) is 76.5 Å². The summed E-state index contributed by atoms with van der Waals surface area (Å²) in [6.07, 6.45) is 1.88. The fraction of sp³-hybridized carbons (Fsp3) is 0.333. The molecule has 1 saturated heterocycles. The Labute approximate surface area is 219 Å². The normalized spacial score (nSPS) is 16.0. The molecule has 2 atom stereocenters. The van der Waals surface area contributed by atoms with Crippen LogP contribution < -0.4 is 10.1 Å². The number of hydrogen-bond donors (Lipinski definition) is 1. The number of carbonyl (C=O) groups is 2. The van der Waals surface area contributed by atoms with Crippen LogP contribution in [0, 0.1) is 0 Å². The number of amides is 2. The number of benzene rings is 2. The molecule has 0 spiro atoms. The summed E-state index contributed by atoms with van der Waals surface area (Å²) in [5.74, 6) is 0.179. The first-order valence-corrected chi connectivity index (χ1v) is 13.1. The Kier molecular flexibility index (Phi) is 7.76. The Hall–Kier alpha value is -3.76. The van der Waals surface area contributed by atoms with Gasteiger partial charge in [-0.1, -0.05) is 35.5 Å². The van der Waals surface area contributed by atoms with Crippen LogP contribution in [0.4, 0.5) is 0 Å². The number of ether oxygens (including phenoxy) is 2. The smallest absolute Gasteiger partial charge is 0.247 e. The lowest BCUT2D eigenvalue weighted by Gasteiger charge is -2.31. The number of nitrogens with one attached hydrogen (secondary N) is 1. The van der Waals surface area contributed by atoms with Crippen LogP contribution in [-0.4, -0.2) is 58.1 Å². The molecule has 192 valence electrons. The van der Waals surface area contributed by atoms with Crippen molar-refractivity contribution >= 4 is 34.2 Å². The maximum absolute atomic E-state index is 13.9. The van der Waals surface area contributed by atoms with Crippen molar-refractivity contribution in [3.63, 3.8) is 0 Å². The van der Waals surface area contributed by atoms with Crippen molar-refractivity contribution in [2.45, 2.75) is 38.1 Å². The van der Waals surface area contributed by atoms with Gasteiger partial charge in [-0.05, 0) is 54.1 Å². The van der Waals surface area contributed by atoms with Gasteiger partial charge in [-0.2, -0.15) is 0 Å². The first-order valence-electron chi connectivity index (χ1n) is 12.3. The number of fused-ring (bicyclic) bond motifs is 1. The summed E-state index contributed by atoms with van der Waals surface area (Å²) < 4.78 is 12.6. The second-order valence-electron chi connectivity index (χ2n) is 8.89. The molecule has 0 bridgehead atoms. The van der Waals surface area contributed by atoms with Gasteiger partial charge in [-0.25, -0.2) is 4.68 Å². The lowest BCUT2D eigenvalue weighted by Crippen LogP contribution is -2.46. The zero-order valence-corrected chi connectivity index (χ0v) is 21.4. The second-order valence-corrected chi connectivity index (χ2v) is 9.92. The minimum atomic E-state index is -0.850. The van der Waals surface area contributed by atoms with Gasteiger partial charge in [0.1, 0.15) is 23.9 Å². The van der Waals surface area contributed by atoms with E-state index in [4.69, 9.17) is 9.47 Å². The molecule has 1 aliphatic heterocycles. The van der Waals surface area contributed by atoms with Gasteiger partial charge >= 0.3 is 0 Å². The van der Waals surface area contributed by atoms with Crippen molar-refractivity contribution in [2.24, 2.45) is 0 Å². The third-order valence-electron chi connectivity index (χ3n) is 6.45. The second kappa shape index (κ2) is 11.5. The Morgan fingerprint density at radius 3 is 2.76 bits per heavy atom. The molecule has 5 rings (SSSR count). The lowest BCUT2D eigenvalue weighted by atomic mass is 10.0. The maximum Gasteiger partial charge on any atom is 0.247 e. The van der Waals surface area contributed by atoms with E-state index in [1.807, 2.05) is 53.9 Å². The number of hydrogen-bond acceptors (Lipinski definition) is 7. The van der Waals surface area contributed by atoms with Gasteiger partial charge < -0.3 is 19.7 Å². The summed E-state index contributed by atoms with van der Waals surface area (Å²) in [6, 6.07) is 17.8. The third-order valence-corrected chi connectivity index (χ3v) is 7.31. The fourth-order valence-corrected chi connectivity index (χ4v) is 5.23. The molecule has 0 saturated carbocycles. The largest absolute Gasteiger partial charge is 0.497 e. The first-order chi connectivity index (χ1) is 18.1. The average Bonchev–Trinajstić information content (AvgIpc) is 3.71. The van der Waals surface area contributed by atoms with E-state index in [0.29, 0.717) is 30.0 Å². The quantitative estimate of drug-likeness (QED) is 0.344. The van der Waals surface area contributed by atoms with Crippen LogP contribution in [0.25, 0.3) is 11.0 Å². The summed E-state index contributed by atoms with van der Waals surface area (Å²) in [7, 11) is 1.59. The number of rotatable bonds is 10. The summed E-state index contributed by atoms with van der Waals surface area (Å²) in [4.78, 5) is 30.2. The predicted octanol–water partition coefficient (Wildman–Crippen LogP) is 3.57. The summed E-state index contributed by atoms with van der Waals surface area (Å²) in [6.45, 7) is 1.35. The van der Waals surface area contributed by atoms with Gasteiger partial charge in [0.25, 0.3) is 0 Å².